The zero-order valence-electron chi connectivity index (χ0n) is 8.86. The van der Waals surface area contributed by atoms with Gasteiger partial charge in [-0.05, 0) is 31.5 Å². The Morgan fingerprint density at radius 1 is 1.60 bits per heavy atom. The average Bonchev–Trinajstić information content (AvgIpc) is 2.18. The lowest BCUT2D eigenvalue weighted by atomic mass is 9.93. The third kappa shape index (κ3) is 2.47. The molecule has 0 heterocycles. The van der Waals surface area contributed by atoms with Crippen LogP contribution in [-0.4, -0.2) is 17.7 Å². The molecule has 15 heavy (non-hydrogen) atoms. The molecule has 1 aromatic rings. The van der Waals surface area contributed by atoms with Crippen molar-refractivity contribution < 1.29 is 14.6 Å². The van der Waals surface area contributed by atoms with E-state index in [4.69, 9.17) is 15.6 Å². The highest BCUT2D eigenvalue weighted by Gasteiger charge is 2.30. The highest BCUT2D eigenvalue weighted by Crippen LogP contribution is 2.22. The Labute approximate surface area is 88.7 Å². The van der Waals surface area contributed by atoms with Gasteiger partial charge in [-0.2, -0.15) is 0 Å². The van der Waals surface area contributed by atoms with Crippen LogP contribution in [0.1, 0.15) is 19.4 Å². The lowest BCUT2D eigenvalue weighted by molar-refractivity contribution is -0.143. The maximum Gasteiger partial charge on any atom is 0.328 e. The van der Waals surface area contributed by atoms with E-state index in [0.29, 0.717) is 17.9 Å². The summed E-state index contributed by atoms with van der Waals surface area (Å²) in [7, 11) is 0. The van der Waals surface area contributed by atoms with Gasteiger partial charge < -0.3 is 15.6 Å². The number of hydrogen-bond acceptors (Lipinski definition) is 3. The molecule has 4 heteroatoms. The predicted molar refractivity (Wildman–Crippen MR) is 56.8 cm³/mol. The monoisotopic (exact) mass is 209 g/mol. The van der Waals surface area contributed by atoms with Crippen molar-refractivity contribution in [3.8, 4) is 5.75 Å². The number of ether oxygens (including phenoxy) is 1. The molecule has 3 N–H and O–H groups in total. The molecule has 0 bridgehead atoms. The Bertz CT molecular complexity index is 361. The lowest BCUT2D eigenvalue weighted by Crippen LogP contribution is -2.41. The van der Waals surface area contributed by atoms with Gasteiger partial charge in [-0.3, -0.25) is 0 Å². The quantitative estimate of drug-likeness (QED) is 0.785. The zero-order valence-corrected chi connectivity index (χ0v) is 8.86. The zero-order chi connectivity index (χ0) is 11.5. The van der Waals surface area contributed by atoms with Crippen LogP contribution in [0.25, 0.3) is 0 Å². The Kier molecular flexibility index (Phi) is 3.31. The first-order valence-corrected chi connectivity index (χ1v) is 4.74. The van der Waals surface area contributed by atoms with E-state index in [-0.39, 0.29) is 0 Å². The van der Waals surface area contributed by atoms with Gasteiger partial charge in [0.25, 0.3) is 0 Å². The molecule has 0 fully saturated rings. The fourth-order valence-electron chi connectivity index (χ4n) is 1.20. The average molecular weight is 209 g/mol. The molecule has 1 atom stereocenters. The smallest absolute Gasteiger partial charge is 0.328 e. The number of carboxylic acids is 1. The topological polar surface area (TPSA) is 72.5 Å². The van der Waals surface area contributed by atoms with E-state index in [1.54, 1.807) is 24.3 Å². The largest absolute Gasteiger partial charge is 0.494 e. The van der Waals surface area contributed by atoms with E-state index >= 15 is 0 Å². The van der Waals surface area contributed by atoms with E-state index in [9.17, 15) is 4.79 Å². The second kappa shape index (κ2) is 4.31. The normalized spacial score (nSPS) is 14.3. The van der Waals surface area contributed by atoms with Crippen LogP contribution in [0.4, 0.5) is 0 Å². The molecular weight excluding hydrogens is 194 g/mol. The maximum atomic E-state index is 10.9. The highest BCUT2D eigenvalue weighted by molar-refractivity contribution is 5.80. The molecule has 0 amide bonds. The summed E-state index contributed by atoms with van der Waals surface area (Å²) in [5.74, 6) is -0.427. The summed E-state index contributed by atoms with van der Waals surface area (Å²) in [6.07, 6.45) is 0. The molecule has 0 radical (unpaired) electrons. The van der Waals surface area contributed by atoms with Gasteiger partial charge in [0.1, 0.15) is 11.3 Å². The molecular formula is C11H15NO3. The molecule has 1 aromatic carbocycles. The van der Waals surface area contributed by atoms with Crippen molar-refractivity contribution in [1.82, 2.24) is 0 Å². The second-order valence-corrected chi connectivity index (χ2v) is 3.47. The molecule has 0 saturated carbocycles. The number of aliphatic carboxylic acids is 1. The van der Waals surface area contributed by atoms with Crippen LogP contribution in [-0.2, 0) is 10.3 Å². The maximum absolute atomic E-state index is 10.9. The lowest BCUT2D eigenvalue weighted by Gasteiger charge is -2.20. The fraction of sp³-hybridized carbons (Fsp3) is 0.364. The van der Waals surface area contributed by atoms with Gasteiger partial charge in [0.2, 0.25) is 0 Å². The molecule has 0 aliphatic heterocycles. The van der Waals surface area contributed by atoms with Crippen molar-refractivity contribution in [2.45, 2.75) is 19.4 Å². The summed E-state index contributed by atoms with van der Waals surface area (Å²) < 4.78 is 5.27. The molecule has 82 valence electrons. The second-order valence-electron chi connectivity index (χ2n) is 3.47. The first-order chi connectivity index (χ1) is 6.98. The molecule has 4 nitrogen and oxygen atoms in total. The van der Waals surface area contributed by atoms with E-state index in [0.717, 1.165) is 0 Å². The number of carboxylic acid groups (broad SMARTS) is 1. The standard InChI is InChI=1S/C11H15NO3/c1-3-15-9-6-4-5-8(7-9)11(2,12)10(13)14/h4-7H,3,12H2,1-2H3,(H,13,14)/t11-/m1/s1. The molecule has 0 aliphatic carbocycles. The van der Waals surface area contributed by atoms with Crippen molar-refractivity contribution in [3.63, 3.8) is 0 Å². The van der Waals surface area contributed by atoms with Crippen LogP contribution in [0.3, 0.4) is 0 Å². The Morgan fingerprint density at radius 2 is 2.27 bits per heavy atom. The van der Waals surface area contributed by atoms with Gasteiger partial charge >= 0.3 is 5.97 Å². The number of rotatable bonds is 4. The highest BCUT2D eigenvalue weighted by atomic mass is 16.5. The van der Waals surface area contributed by atoms with Crippen LogP contribution in [0.2, 0.25) is 0 Å². The van der Waals surface area contributed by atoms with E-state index in [2.05, 4.69) is 0 Å². The van der Waals surface area contributed by atoms with Gasteiger partial charge in [-0.15, -0.1) is 0 Å². The number of carbonyl (C=O) groups is 1. The van der Waals surface area contributed by atoms with Crippen LogP contribution in [0, 0.1) is 0 Å². The number of nitrogens with two attached hydrogens (primary N) is 1. The molecule has 0 saturated heterocycles. The van der Waals surface area contributed by atoms with Gasteiger partial charge in [0, 0.05) is 0 Å². The minimum atomic E-state index is -1.38. The summed E-state index contributed by atoms with van der Waals surface area (Å²) in [6.45, 7) is 3.86. The van der Waals surface area contributed by atoms with Gasteiger partial charge in [-0.1, -0.05) is 12.1 Å². The van der Waals surface area contributed by atoms with Crippen LogP contribution < -0.4 is 10.5 Å². The summed E-state index contributed by atoms with van der Waals surface area (Å²) >= 11 is 0. The van der Waals surface area contributed by atoms with Crippen molar-refractivity contribution >= 4 is 5.97 Å². The van der Waals surface area contributed by atoms with Crippen molar-refractivity contribution in [2.24, 2.45) is 5.73 Å². The Morgan fingerprint density at radius 3 is 2.80 bits per heavy atom. The van der Waals surface area contributed by atoms with Crippen molar-refractivity contribution in [3.05, 3.63) is 29.8 Å². The van der Waals surface area contributed by atoms with Crippen LogP contribution >= 0.6 is 0 Å². The van der Waals surface area contributed by atoms with E-state index < -0.39 is 11.5 Å². The minimum Gasteiger partial charge on any atom is -0.494 e. The van der Waals surface area contributed by atoms with E-state index in [1.807, 2.05) is 6.92 Å². The SMILES string of the molecule is CCOc1cccc([C@@](C)(N)C(=O)O)c1. The van der Waals surface area contributed by atoms with Crippen molar-refractivity contribution in [2.75, 3.05) is 6.61 Å². The van der Waals surface area contributed by atoms with Gasteiger partial charge in [0.15, 0.2) is 0 Å². The Balaban J connectivity index is 3.04. The molecule has 0 aliphatic rings. The predicted octanol–water partition coefficient (Wildman–Crippen LogP) is 1.34. The van der Waals surface area contributed by atoms with E-state index in [1.165, 1.54) is 6.92 Å². The first-order valence-electron chi connectivity index (χ1n) is 4.74. The molecule has 0 spiro atoms. The third-order valence-corrected chi connectivity index (χ3v) is 2.19. The third-order valence-electron chi connectivity index (χ3n) is 2.19. The summed E-state index contributed by atoms with van der Waals surface area (Å²) in [4.78, 5) is 10.9. The van der Waals surface area contributed by atoms with Crippen LogP contribution in [0.15, 0.2) is 24.3 Å². The first kappa shape index (κ1) is 11.5. The summed E-state index contributed by atoms with van der Waals surface area (Å²) in [5, 5.41) is 8.95. The number of hydrogen-bond donors (Lipinski definition) is 2. The van der Waals surface area contributed by atoms with Crippen molar-refractivity contribution in [1.29, 1.82) is 0 Å². The van der Waals surface area contributed by atoms with Crippen LogP contribution in [0.5, 0.6) is 5.75 Å². The molecule has 0 unspecified atom stereocenters. The number of benzene rings is 1. The van der Waals surface area contributed by atoms with Gasteiger partial charge in [0.05, 0.1) is 6.61 Å². The molecule has 1 rings (SSSR count). The minimum absolute atomic E-state index is 0.529. The Hall–Kier alpha value is -1.55. The molecule has 0 aromatic heterocycles. The van der Waals surface area contributed by atoms with Gasteiger partial charge in [-0.25, -0.2) is 4.79 Å². The summed E-state index contributed by atoms with van der Waals surface area (Å²) in [5.41, 5.74) is 4.84. The summed E-state index contributed by atoms with van der Waals surface area (Å²) in [6, 6.07) is 6.83. The fourth-order valence-corrected chi connectivity index (χ4v) is 1.20.